The molecule has 0 saturated heterocycles. The molecule has 0 aliphatic carbocycles. The Labute approximate surface area is 97.6 Å². The summed E-state index contributed by atoms with van der Waals surface area (Å²) < 4.78 is 5.35. The zero-order valence-electron chi connectivity index (χ0n) is 10.7. The number of aldehydes is 1. The van der Waals surface area contributed by atoms with Gasteiger partial charge in [0.1, 0.15) is 12.0 Å². The van der Waals surface area contributed by atoms with Gasteiger partial charge in [0.05, 0.1) is 7.11 Å². The van der Waals surface area contributed by atoms with Crippen molar-refractivity contribution in [3.63, 3.8) is 0 Å². The molecule has 2 nitrogen and oxygen atoms in total. The molecule has 0 spiro atoms. The van der Waals surface area contributed by atoms with Crippen molar-refractivity contribution in [1.82, 2.24) is 0 Å². The maximum Gasteiger partial charge on any atom is 0.127 e. The van der Waals surface area contributed by atoms with Gasteiger partial charge < -0.3 is 9.53 Å². The number of rotatable bonds is 3. The van der Waals surface area contributed by atoms with Crippen LogP contribution in [0.5, 0.6) is 5.75 Å². The van der Waals surface area contributed by atoms with Crippen LogP contribution < -0.4 is 4.74 Å². The lowest BCUT2D eigenvalue weighted by molar-refractivity contribution is -0.108. The highest BCUT2D eigenvalue weighted by atomic mass is 16.5. The van der Waals surface area contributed by atoms with Crippen LogP contribution in [0.1, 0.15) is 44.7 Å². The van der Waals surface area contributed by atoms with E-state index in [1.54, 1.807) is 7.11 Å². The predicted octanol–water partition coefficient (Wildman–Crippen LogP) is 3.30. The van der Waals surface area contributed by atoms with Gasteiger partial charge in [0.25, 0.3) is 0 Å². The molecule has 1 unspecified atom stereocenters. The lowest BCUT2D eigenvalue weighted by atomic mass is 9.84. The molecule has 0 aliphatic rings. The fourth-order valence-corrected chi connectivity index (χ4v) is 1.67. The molecule has 0 aliphatic heterocycles. The summed E-state index contributed by atoms with van der Waals surface area (Å²) in [6.45, 7) is 8.32. The fourth-order valence-electron chi connectivity index (χ4n) is 1.67. The minimum absolute atomic E-state index is 0.0178. The molecule has 0 radical (unpaired) electrons. The minimum atomic E-state index is -0.0630. The van der Waals surface area contributed by atoms with Crippen LogP contribution in [-0.2, 0) is 10.2 Å². The smallest absolute Gasteiger partial charge is 0.127 e. The second-order valence-corrected chi connectivity index (χ2v) is 5.13. The van der Waals surface area contributed by atoms with E-state index in [1.807, 2.05) is 19.1 Å². The van der Waals surface area contributed by atoms with Crippen molar-refractivity contribution in [2.75, 3.05) is 7.11 Å². The van der Waals surface area contributed by atoms with Crippen molar-refractivity contribution >= 4 is 6.29 Å². The second kappa shape index (κ2) is 4.69. The molecule has 0 amide bonds. The standard InChI is InChI=1S/C14H20O2/c1-10(9-15)11-6-7-13(16-5)12(8-11)14(2,3)4/h6-10H,1-5H3. The summed E-state index contributed by atoms with van der Waals surface area (Å²) in [6, 6.07) is 5.96. The van der Waals surface area contributed by atoms with Crippen molar-refractivity contribution < 1.29 is 9.53 Å². The Morgan fingerprint density at radius 2 is 1.94 bits per heavy atom. The molecule has 0 heterocycles. The van der Waals surface area contributed by atoms with Crippen LogP contribution in [-0.4, -0.2) is 13.4 Å². The first-order chi connectivity index (χ1) is 7.40. The van der Waals surface area contributed by atoms with E-state index in [0.29, 0.717) is 0 Å². The molecule has 0 fully saturated rings. The van der Waals surface area contributed by atoms with Crippen LogP contribution in [0, 0.1) is 0 Å². The van der Waals surface area contributed by atoms with E-state index < -0.39 is 0 Å². The van der Waals surface area contributed by atoms with E-state index in [9.17, 15) is 4.79 Å². The third-order valence-electron chi connectivity index (χ3n) is 2.76. The molecule has 2 heteroatoms. The number of hydrogen-bond donors (Lipinski definition) is 0. The largest absolute Gasteiger partial charge is 0.496 e. The zero-order valence-corrected chi connectivity index (χ0v) is 10.7. The average molecular weight is 220 g/mol. The van der Waals surface area contributed by atoms with Crippen LogP contribution in [0.2, 0.25) is 0 Å². The third kappa shape index (κ3) is 2.63. The van der Waals surface area contributed by atoms with Crippen LogP contribution in [0.15, 0.2) is 18.2 Å². The average Bonchev–Trinajstić information content (AvgIpc) is 2.26. The normalized spacial score (nSPS) is 13.3. The van der Waals surface area contributed by atoms with Crippen molar-refractivity contribution in [1.29, 1.82) is 0 Å². The number of methoxy groups -OCH3 is 1. The number of carbonyl (C=O) groups excluding carboxylic acids is 1. The van der Waals surface area contributed by atoms with Gasteiger partial charge in [0.15, 0.2) is 0 Å². The van der Waals surface area contributed by atoms with E-state index in [-0.39, 0.29) is 11.3 Å². The van der Waals surface area contributed by atoms with Gasteiger partial charge in [0.2, 0.25) is 0 Å². The summed E-state index contributed by atoms with van der Waals surface area (Å²) >= 11 is 0. The molecule has 1 rings (SSSR count). The van der Waals surface area contributed by atoms with Gasteiger partial charge in [-0.25, -0.2) is 0 Å². The van der Waals surface area contributed by atoms with Gasteiger partial charge in [-0.3, -0.25) is 0 Å². The summed E-state index contributed by atoms with van der Waals surface area (Å²) in [4.78, 5) is 10.8. The van der Waals surface area contributed by atoms with E-state index in [0.717, 1.165) is 23.2 Å². The molecule has 0 N–H and O–H groups in total. The van der Waals surface area contributed by atoms with Gasteiger partial charge >= 0.3 is 0 Å². The van der Waals surface area contributed by atoms with Gasteiger partial charge in [-0.15, -0.1) is 0 Å². The first-order valence-electron chi connectivity index (χ1n) is 5.54. The highest BCUT2D eigenvalue weighted by molar-refractivity contribution is 5.62. The van der Waals surface area contributed by atoms with Crippen LogP contribution in [0.3, 0.4) is 0 Å². The SMILES string of the molecule is COc1ccc(C(C)C=O)cc1C(C)(C)C. The second-order valence-electron chi connectivity index (χ2n) is 5.13. The molecule has 16 heavy (non-hydrogen) atoms. The lowest BCUT2D eigenvalue weighted by Crippen LogP contribution is -2.13. The number of benzene rings is 1. The van der Waals surface area contributed by atoms with Gasteiger partial charge in [-0.2, -0.15) is 0 Å². The molecule has 1 aromatic rings. The van der Waals surface area contributed by atoms with E-state index >= 15 is 0 Å². The maximum absolute atomic E-state index is 10.8. The molecule has 0 saturated carbocycles. The van der Waals surface area contributed by atoms with E-state index in [1.165, 1.54) is 0 Å². The molecule has 88 valence electrons. The highest BCUT2D eigenvalue weighted by Gasteiger charge is 2.20. The molecule has 0 aromatic heterocycles. The van der Waals surface area contributed by atoms with E-state index in [4.69, 9.17) is 4.74 Å². The minimum Gasteiger partial charge on any atom is -0.496 e. The van der Waals surface area contributed by atoms with Crippen molar-refractivity contribution in [2.45, 2.75) is 39.0 Å². The van der Waals surface area contributed by atoms with Crippen LogP contribution in [0.25, 0.3) is 0 Å². The van der Waals surface area contributed by atoms with Crippen molar-refractivity contribution in [3.8, 4) is 5.75 Å². The van der Waals surface area contributed by atoms with Gasteiger partial charge in [0, 0.05) is 5.92 Å². The summed E-state index contributed by atoms with van der Waals surface area (Å²) in [7, 11) is 1.67. The Morgan fingerprint density at radius 1 is 1.31 bits per heavy atom. The Hall–Kier alpha value is -1.31. The monoisotopic (exact) mass is 220 g/mol. The molecule has 1 atom stereocenters. The quantitative estimate of drug-likeness (QED) is 0.731. The predicted molar refractivity (Wildman–Crippen MR) is 66.2 cm³/mol. The summed E-state index contributed by atoms with van der Waals surface area (Å²) in [5.74, 6) is 0.821. The molecular formula is C14H20O2. The molecular weight excluding hydrogens is 200 g/mol. The Balaban J connectivity index is 3.27. The first kappa shape index (κ1) is 12.8. The third-order valence-corrected chi connectivity index (χ3v) is 2.76. The maximum atomic E-state index is 10.8. The summed E-state index contributed by atoms with van der Waals surface area (Å²) in [5, 5.41) is 0. The lowest BCUT2D eigenvalue weighted by Gasteiger charge is -2.23. The Bertz CT molecular complexity index is 375. The summed E-state index contributed by atoms with van der Waals surface area (Å²) in [6.07, 6.45) is 0.967. The fraction of sp³-hybridized carbons (Fsp3) is 0.500. The van der Waals surface area contributed by atoms with Gasteiger partial charge in [-0.1, -0.05) is 39.8 Å². The molecule has 1 aromatic carbocycles. The summed E-state index contributed by atoms with van der Waals surface area (Å²) in [5.41, 5.74) is 2.20. The van der Waals surface area contributed by atoms with Crippen molar-refractivity contribution in [3.05, 3.63) is 29.3 Å². The topological polar surface area (TPSA) is 26.3 Å². The Morgan fingerprint density at radius 3 is 2.38 bits per heavy atom. The highest BCUT2D eigenvalue weighted by Crippen LogP contribution is 2.33. The number of hydrogen-bond acceptors (Lipinski definition) is 2. The number of ether oxygens (including phenoxy) is 1. The van der Waals surface area contributed by atoms with Crippen LogP contribution >= 0.6 is 0 Å². The number of carbonyl (C=O) groups is 1. The first-order valence-corrected chi connectivity index (χ1v) is 5.54. The van der Waals surface area contributed by atoms with Gasteiger partial charge in [-0.05, 0) is 22.6 Å². The molecule has 0 bridgehead atoms. The Kier molecular flexibility index (Phi) is 3.74. The zero-order chi connectivity index (χ0) is 12.3. The van der Waals surface area contributed by atoms with Crippen LogP contribution in [0.4, 0.5) is 0 Å². The van der Waals surface area contributed by atoms with Crippen molar-refractivity contribution in [2.24, 2.45) is 0 Å². The van der Waals surface area contributed by atoms with E-state index in [2.05, 4.69) is 26.8 Å².